The van der Waals surface area contributed by atoms with E-state index < -0.39 is 5.82 Å². The van der Waals surface area contributed by atoms with Crippen molar-refractivity contribution in [2.45, 2.75) is 31.6 Å². The van der Waals surface area contributed by atoms with Gasteiger partial charge in [-0.05, 0) is 30.7 Å². The van der Waals surface area contributed by atoms with Gasteiger partial charge in [0.1, 0.15) is 5.82 Å². The molecule has 2 aliphatic heterocycles. The smallest absolute Gasteiger partial charge is 0.251 e. The van der Waals surface area contributed by atoms with Gasteiger partial charge in [-0.3, -0.25) is 9.59 Å². The second-order valence-corrected chi connectivity index (χ2v) is 6.73. The average molecular weight is 373 g/mol. The van der Waals surface area contributed by atoms with Crippen molar-refractivity contribution in [3.05, 3.63) is 47.5 Å². The van der Waals surface area contributed by atoms with Gasteiger partial charge in [0.2, 0.25) is 5.91 Å². The fourth-order valence-electron chi connectivity index (χ4n) is 3.55. The van der Waals surface area contributed by atoms with E-state index in [1.807, 2.05) is 4.68 Å². The van der Waals surface area contributed by atoms with Crippen LogP contribution in [-0.4, -0.2) is 57.4 Å². The quantitative estimate of drug-likeness (QED) is 0.861. The SMILES string of the molecule is O=C(NCCC(=O)N1CC[C@H]2OCc3cnnn3[C@H]2C1)c1ccc(F)cc1. The number of nitrogens with one attached hydrogen (secondary N) is 1. The number of aromatic nitrogens is 3. The van der Waals surface area contributed by atoms with Crippen molar-refractivity contribution in [1.82, 2.24) is 25.2 Å². The van der Waals surface area contributed by atoms with E-state index in [0.29, 0.717) is 25.3 Å². The van der Waals surface area contributed by atoms with Crippen molar-refractivity contribution >= 4 is 11.8 Å². The van der Waals surface area contributed by atoms with Gasteiger partial charge >= 0.3 is 0 Å². The van der Waals surface area contributed by atoms with Gasteiger partial charge in [-0.1, -0.05) is 5.21 Å². The number of fused-ring (bicyclic) bond motifs is 3. The van der Waals surface area contributed by atoms with Crippen LogP contribution in [0.5, 0.6) is 0 Å². The Hall–Kier alpha value is -2.81. The molecule has 8 nitrogen and oxygen atoms in total. The van der Waals surface area contributed by atoms with E-state index in [1.165, 1.54) is 24.3 Å². The highest BCUT2D eigenvalue weighted by Gasteiger charge is 2.37. The summed E-state index contributed by atoms with van der Waals surface area (Å²) in [4.78, 5) is 26.3. The Kier molecular flexibility index (Phi) is 4.85. The van der Waals surface area contributed by atoms with Crippen LogP contribution in [-0.2, 0) is 16.1 Å². The molecule has 1 aromatic heterocycles. The van der Waals surface area contributed by atoms with Gasteiger partial charge in [-0.25, -0.2) is 9.07 Å². The van der Waals surface area contributed by atoms with Crippen LogP contribution in [0.3, 0.4) is 0 Å². The van der Waals surface area contributed by atoms with Gasteiger partial charge in [-0.15, -0.1) is 5.10 Å². The summed E-state index contributed by atoms with van der Waals surface area (Å²) in [5, 5.41) is 10.7. The van der Waals surface area contributed by atoms with E-state index in [-0.39, 0.29) is 36.9 Å². The number of carbonyl (C=O) groups excluding carboxylic acids is 2. The zero-order valence-electron chi connectivity index (χ0n) is 14.7. The normalized spacial score (nSPS) is 21.3. The summed E-state index contributed by atoms with van der Waals surface area (Å²) < 4.78 is 20.6. The first-order chi connectivity index (χ1) is 13.1. The molecule has 1 N–H and O–H groups in total. The van der Waals surface area contributed by atoms with E-state index in [1.54, 1.807) is 11.1 Å². The summed E-state index contributed by atoms with van der Waals surface area (Å²) in [5.74, 6) is -0.748. The maximum atomic E-state index is 12.9. The lowest BCUT2D eigenvalue weighted by Gasteiger charge is -2.41. The molecule has 2 atom stereocenters. The first-order valence-electron chi connectivity index (χ1n) is 8.94. The zero-order chi connectivity index (χ0) is 18.8. The lowest BCUT2D eigenvalue weighted by Crippen LogP contribution is -2.50. The van der Waals surface area contributed by atoms with Gasteiger partial charge in [0, 0.05) is 31.6 Å². The van der Waals surface area contributed by atoms with Crippen LogP contribution in [0.4, 0.5) is 4.39 Å². The molecular formula is C18H20FN5O3. The number of benzene rings is 1. The van der Waals surface area contributed by atoms with Crippen molar-refractivity contribution in [2.75, 3.05) is 19.6 Å². The third-order valence-electron chi connectivity index (χ3n) is 5.01. The number of ether oxygens (including phenoxy) is 1. The molecule has 27 heavy (non-hydrogen) atoms. The topological polar surface area (TPSA) is 89.3 Å². The van der Waals surface area contributed by atoms with Crippen LogP contribution in [0.15, 0.2) is 30.5 Å². The number of halogens is 1. The number of piperidine rings is 1. The standard InChI is InChI=1S/C18H20FN5O3/c19-13-3-1-12(2-4-13)18(26)20-7-5-17(25)23-8-6-16-15(10-23)24-14(11-27-16)9-21-22-24/h1-4,9,15-16H,5-8,10-11H2,(H,20,26)/t15-,16+/m0/s1. The molecule has 1 saturated heterocycles. The number of hydrogen-bond donors (Lipinski definition) is 1. The summed E-state index contributed by atoms with van der Waals surface area (Å²) >= 11 is 0. The maximum Gasteiger partial charge on any atom is 0.251 e. The molecule has 2 aromatic rings. The molecule has 2 aliphatic rings. The van der Waals surface area contributed by atoms with Crippen molar-refractivity contribution in [2.24, 2.45) is 0 Å². The molecule has 9 heteroatoms. The lowest BCUT2D eigenvalue weighted by molar-refractivity contribution is -0.137. The number of likely N-dealkylation sites (tertiary alicyclic amines) is 1. The number of hydrogen-bond acceptors (Lipinski definition) is 5. The fraction of sp³-hybridized carbons (Fsp3) is 0.444. The molecule has 0 bridgehead atoms. The summed E-state index contributed by atoms with van der Waals surface area (Å²) in [6.45, 7) is 1.87. The molecular weight excluding hydrogens is 353 g/mol. The maximum absolute atomic E-state index is 12.9. The first kappa shape index (κ1) is 17.6. The van der Waals surface area contributed by atoms with Crippen LogP contribution < -0.4 is 5.32 Å². The van der Waals surface area contributed by atoms with E-state index >= 15 is 0 Å². The molecule has 3 heterocycles. The Bertz CT molecular complexity index is 838. The molecule has 142 valence electrons. The zero-order valence-corrected chi connectivity index (χ0v) is 14.7. The number of nitrogens with zero attached hydrogens (tertiary/aromatic N) is 4. The van der Waals surface area contributed by atoms with Gasteiger partial charge in [0.25, 0.3) is 5.91 Å². The minimum Gasteiger partial charge on any atom is -0.370 e. The number of carbonyl (C=O) groups is 2. The molecule has 0 unspecified atom stereocenters. The van der Waals surface area contributed by atoms with E-state index in [4.69, 9.17) is 4.74 Å². The Morgan fingerprint density at radius 1 is 1.30 bits per heavy atom. The molecule has 0 radical (unpaired) electrons. The van der Waals surface area contributed by atoms with E-state index in [9.17, 15) is 14.0 Å². The second-order valence-electron chi connectivity index (χ2n) is 6.73. The van der Waals surface area contributed by atoms with E-state index in [0.717, 1.165) is 12.1 Å². The van der Waals surface area contributed by atoms with Crippen molar-refractivity contribution in [3.8, 4) is 0 Å². The molecule has 1 aromatic carbocycles. The monoisotopic (exact) mass is 373 g/mol. The summed E-state index contributed by atoms with van der Waals surface area (Å²) in [6, 6.07) is 5.26. The summed E-state index contributed by atoms with van der Waals surface area (Å²) in [7, 11) is 0. The predicted molar refractivity (Wildman–Crippen MR) is 92.2 cm³/mol. The fourth-order valence-corrected chi connectivity index (χ4v) is 3.55. The minimum absolute atomic E-state index is 0.0252. The molecule has 0 spiro atoms. The van der Waals surface area contributed by atoms with Crippen LogP contribution in [0.1, 0.15) is 34.9 Å². The van der Waals surface area contributed by atoms with Gasteiger partial charge in [0.15, 0.2) is 0 Å². The molecule has 4 rings (SSSR count). The van der Waals surface area contributed by atoms with Gasteiger partial charge in [0.05, 0.1) is 30.6 Å². The second kappa shape index (κ2) is 7.43. The lowest BCUT2D eigenvalue weighted by atomic mass is 10.00. The van der Waals surface area contributed by atoms with Crippen LogP contribution in [0.2, 0.25) is 0 Å². The molecule has 2 amide bonds. The Morgan fingerprint density at radius 3 is 2.93 bits per heavy atom. The Balaban J connectivity index is 1.29. The Labute approximate surface area is 155 Å². The predicted octanol–water partition coefficient (Wildman–Crippen LogP) is 0.910. The summed E-state index contributed by atoms with van der Waals surface area (Å²) in [5.41, 5.74) is 1.28. The minimum atomic E-state index is -0.396. The highest BCUT2D eigenvalue weighted by atomic mass is 19.1. The van der Waals surface area contributed by atoms with Crippen molar-refractivity contribution in [3.63, 3.8) is 0 Å². The van der Waals surface area contributed by atoms with Gasteiger partial charge < -0.3 is 15.0 Å². The average Bonchev–Trinajstić information content (AvgIpc) is 3.17. The van der Waals surface area contributed by atoms with Gasteiger partial charge in [-0.2, -0.15) is 0 Å². The van der Waals surface area contributed by atoms with Crippen molar-refractivity contribution in [1.29, 1.82) is 0 Å². The summed E-state index contributed by atoms with van der Waals surface area (Å²) in [6.07, 6.45) is 2.68. The highest BCUT2D eigenvalue weighted by molar-refractivity contribution is 5.94. The number of amides is 2. The third kappa shape index (κ3) is 3.68. The number of rotatable bonds is 4. The van der Waals surface area contributed by atoms with Crippen LogP contribution >= 0.6 is 0 Å². The Morgan fingerprint density at radius 2 is 2.11 bits per heavy atom. The molecule has 1 fully saturated rings. The largest absolute Gasteiger partial charge is 0.370 e. The van der Waals surface area contributed by atoms with Crippen LogP contribution in [0, 0.1) is 5.82 Å². The molecule has 0 saturated carbocycles. The third-order valence-corrected chi connectivity index (χ3v) is 5.01. The first-order valence-corrected chi connectivity index (χ1v) is 8.94. The van der Waals surface area contributed by atoms with Crippen molar-refractivity contribution < 1.29 is 18.7 Å². The molecule has 0 aliphatic carbocycles. The highest BCUT2D eigenvalue weighted by Crippen LogP contribution is 2.30. The van der Waals surface area contributed by atoms with Crippen LogP contribution in [0.25, 0.3) is 0 Å². The van der Waals surface area contributed by atoms with E-state index in [2.05, 4.69) is 15.6 Å².